The van der Waals surface area contributed by atoms with Gasteiger partial charge in [0, 0.05) is 5.56 Å². The first-order valence-electron chi connectivity index (χ1n) is 5.66. The number of ether oxygens (including phenoxy) is 2. The van der Waals surface area contributed by atoms with Gasteiger partial charge in [0.05, 0.1) is 20.4 Å². The van der Waals surface area contributed by atoms with Gasteiger partial charge in [-0.1, -0.05) is 0 Å². The summed E-state index contributed by atoms with van der Waals surface area (Å²) in [6.07, 6.45) is 1.34. The third-order valence-corrected chi connectivity index (χ3v) is 2.64. The lowest BCUT2D eigenvalue weighted by Gasteiger charge is -2.09. The Morgan fingerprint density at radius 3 is 2.75 bits per heavy atom. The number of hydrogen-bond donors (Lipinski definition) is 2. The van der Waals surface area contributed by atoms with Crippen molar-refractivity contribution in [1.29, 1.82) is 5.26 Å². The van der Waals surface area contributed by atoms with Gasteiger partial charge in [0.1, 0.15) is 17.5 Å². The Labute approximate surface area is 115 Å². The minimum absolute atomic E-state index is 0.257. The molecule has 0 saturated heterocycles. The number of nitrogens with zero attached hydrogens (tertiary/aromatic N) is 2. The molecule has 1 aromatic carbocycles. The summed E-state index contributed by atoms with van der Waals surface area (Å²) < 4.78 is 10.2. The van der Waals surface area contributed by atoms with E-state index in [0.29, 0.717) is 17.1 Å². The van der Waals surface area contributed by atoms with Crippen molar-refractivity contribution in [3.05, 3.63) is 35.5 Å². The molecule has 0 unspecified atom stereocenters. The summed E-state index contributed by atoms with van der Waals surface area (Å²) in [6, 6.07) is 6.70. The Morgan fingerprint density at radius 1 is 1.35 bits per heavy atom. The summed E-state index contributed by atoms with van der Waals surface area (Å²) in [4.78, 5) is 12.1. The standard InChI is InChI=1S/C13H12N4O3/c1-19-10-4-3-8(5-11(10)20-2)13(18)16-12-9(6-14)7-15-17-12/h3-5,7H,1-2H3,(H2,15,16,17,18). The second-order valence-corrected chi connectivity index (χ2v) is 3.79. The van der Waals surface area contributed by atoms with E-state index >= 15 is 0 Å². The Morgan fingerprint density at radius 2 is 2.10 bits per heavy atom. The van der Waals surface area contributed by atoms with Crippen molar-refractivity contribution in [2.75, 3.05) is 19.5 Å². The van der Waals surface area contributed by atoms with Crippen LogP contribution in [0.4, 0.5) is 5.82 Å². The molecule has 0 aliphatic rings. The molecule has 20 heavy (non-hydrogen) atoms. The molecule has 0 aliphatic heterocycles. The largest absolute Gasteiger partial charge is 0.493 e. The molecule has 0 fully saturated rings. The van der Waals surface area contributed by atoms with Crippen molar-refractivity contribution in [2.45, 2.75) is 0 Å². The number of rotatable bonds is 4. The topological polar surface area (TPSA) is 100 Å². The number of nitriles is 1. The number of carbonyl (C=O) groups is 1. The average Bonchev–Trinajstić information content (AvgIpc) is 2.93. The smallest absolute Gasteiger partial charge is 0.256 e. The number of methoxy groups -OCH3 is 2. The highest BCUT2D eigenvalue weighted by atomic mass is 16.5. The molecular weight excluding hydrogens is 260 g/mol. The van der Waals surface area contributed by atoms with E-state index in [1.54, 1.807) is 18.2 Å². The second kappa shape index (κ2) is 5.75. The van der Waals surface area contributed by atoms with Crippen molar-refractivity contribution in [3.8, 4) is 17.6 Å². The molecule has 2 aromatic rings. The second-order valence-electron chi connectivity index (χ2n) is 3.79. The van der Waals surface area contributed by atoms with Crippen molar-refractivity contribution >= 4 is 11.7 Å². The van der Waals surface area contributed by atoms with Gasteiger partial charge in [-0.15, -0.1) is 0 Å². The Kier molecular flexibility index (Phi) is 3.86. The lowest BCUT2D eigenvalue weighted by molar-refractivity contribution is 0.102. The minimum Gasteiger partial charge on any atom is -0.493 e. The number of benzene rings is 1. The van der Waals surface area contributed by atoms with E-state index < -0.39 is 0 Å². The fourth-order valence-corrected chi connectivity index (χ4v) is 1.63. The third-order valence-electron chi connectivity index (χ3n) is 2.64. The Hall–Kier alpha value is -3.01. The lowest BCUT2D eigenvalue weighted by Crippen LogP contribution is -2.13. The van der Waals surface area contributed by atoms with Gasteiger partial charge in [-0.3, -0.25) is 9.89 Å². The van der Waals surface area contributed by atoms with E-state index in [-0.39, 0.29) is 17.3 Å². The molecule has 0 saturated carbocycles. The highest BCUT2D eigenvalue weighted by molar-refractivity contribution is 6.04. The van der Waals surface area contributed by atoms with Crippen LogP contribution >= 0.6 is 0 Å². The molecule has 0 bridgehead atoms. The molecular formula is C13H12N4O3. The molecule has 102 valence electrons. The summed E-state index contributed by atoms with van der Waals surface area (Å²) in [5.74, 6) is 0.854. The molecule has 1 amide bonds. The summed E-state index contributed by atoms with van der Waals surface area (Å²) in [5.41, 5.74) is 0.639. The summed E-state index contributed by atoms with van der Waals surface area (Å²) in [7, 11) is 3.00. The van der Waals surface area contributed by atoms with Crippen LogP contribution in [0, 0.1) is 11.3 Å². The molecule has 0 aliphatic carbocycles. The molecule has 7 heteroatoms. The maximum absolute atomic E-state index is 12.1. The van der Waals surface area contributed by atoms with Gasteiger partial charge in [0.25, 0.3) is 5.91 Å². The molecule has 0 radical (unpaired) electrons. The number of hydrogen-bond acceptors (Lipinski definition) is 5. The molecule has 0 spiro atoms. The number of H-pyrrole nitrogens is 1. The van der Waals surface area contributed by atoms with E-state index in [1.165, 1.54) is 20.4 Å². The fraction of sp³-hybridized carbons (Fsp3) is 0.154. The zero-order chi connectivity index (χ0) is 14.5. The average molecular weight is 272 g/mol. The highest BCUT2D eigenvalue weighted by Crippen LogP contribution is 2.27. The van der Waals surface area contributed by atoms with E-state index in [9.17, 15) is 4.79 Å². The number of aromatic amines is 1. The van der Waals surface area contributed by atoms with Gasteiger partial charge < -0.3 is 14.8 Å². The third kappa shape index (κ3) is 2.54. The van der Waals surface area contributed by atoms with Gasteiger partial charge in [-0.25, -0.2) is 0 Å². The number of aromatic nitrogens is 2. The van der Waals surface area contributed by atoms with Crippen molar-refractivity contribution < 1.29 is 14.3 Å². The van der Waals surface area contributed by atoms with E-state index in [0.717, 1.165) is 0 Å². The van der Waals surface area contributed by atoms with Crippen LogP contribution in [0.2, 0.25) is 0 Å². The number of nitrogens with one attached hydrogen (secondary N) is 2. The van der Waals surface area contributed by atoms with Gasteiger partial charge >= 0.3 is 0 Å². The van der Waals surface area contributed by atoms with Gasteiger partial charge in [0.2, 0.25) is 0 Å². The quantitative estimate of drug-likeness (QED) is 0.879. The molecule has 2 N–H and O–H groups in total. The summed E-state index contributed by atoms with van der Waals surface area (Å²) in [6.45, 7) is 0. The molecule has 1 heterocycles. The maximum Gasteiger partial charge on any atom is 0.256 e. The monoisotopic (exact) mass is 272 g/mol. The number of anilines is 1. The fourth-order valence-electron chi connectivity index (χ4n) is 1.63. The minimum atomic E-state index is -0.383. The number of carbonyl (C=O) groups excluding carboxylic acids is 1. The maximum atomic E-state index is 12.1. The first-order chi connectivity index (χ1) is 9.69. The number of amides is 1. The molecule has 1 aromatic heterocycles. The van der Waals surface area contributed by atoms with E-state index in [4.69, 9.17) is 14.7 Å². The molecule has 7 nitrogen and oxygen atoms in total. The van der Waals surface area contributed by atoms with E-state index in [2.05, 4.69) is 15.5 Å². The van der Waals surface area contributed by atoms with Gasteiger partial charge in [-0.05, 0) is 18.2 Å². The van der Waals surface area contributed by atoms with Crippen LogP contribution < -0.4 is 14.8 Å². The zero-order valence-corrected chi connectivity index (χ0v) is 10.9. The Balaban J connectivity index is 2.24. The van der Waals surface area contributed by atoms with Crippen molar-refractivity contribution in [3.63, 3.8) is 0 Å². The van der Waals surface area contributed by atoms with Crippen LogP contribution in [0.15, 0.2) is 24.4 Å². The Bertz CT molecular complexity index is 672. The first-order valence-corrected chi connectivity index (χ1v) is 5.66. The van der Waals surface area contributed by atoms with Crippen molar-refractivity contribution in [2.24, 2.45) is 0 Å². The predicted octanol–water partition coefficient (Wildman–Crippen LogP) is 1.55. The zero-order valence-electron chi connectivity index (χ0n) is 10.9. The molecule has 2 rings (SSSR count). The van der Waals surface area contributed by atoms with Gasteiger partial charge in [-0.2, -0.15) is 10.4 Å². The highest BCUT2D eigenvalue weighted by Gasteiger charge is 2.13. The van der Waals surface area contributed by atoms with Crippen LogP contribution in [-0.2, 0) is 0 Å². The predicted molar refractivity (Wildman–Crippen MR) is 70.8 cm³/mol. The van der Waals surface area contributed by atoms with Crippen LogP contribution in [0.5, 0.6) is 11.5 Å². The van der Waals surface area contributed by atoms with Crippen molar-refractivity contribution in [1.82, 2.24) is 10.2 Å². The van der Waals surface area contributed by atoms with Crippen LogP contribution in [0.1, 0.15) is 15.9 Å². The van der Waals surface area contributed by atoms with E-state index in [1.807, 2.05) is 6.07 Å². The van der Waals surface area contributed by atoms with Crippen LogP contribution in [0.3, 0.4) is 0 Å². The van der Waals surface area contributed by atoms with Crippen LogP contribution in [0.25, 0.3) is 0 Å². The van der Waals surface area contributed by atoms with Gasteiger partial charge in [0.15, 0.2) is 11.5 Å². The summed E-state index contributed by atoms with van der Waals surface area (Å²) >= 11 is 0. The summed E-state index contributed by atoms with van der Waals surface area (Å²) in [5, 5.41) is 17.7. The lowest BCUT2D eigenvalue weighted by atomic mass is 10.2. The van der Waals surface area contributed by atoms with Crippen LogP contribution in [-0.4, -0.2) is 30.3 Å². The first kappa shape index (κ1) is 13.4. The SMILES string of the molecule is COc1ccc(C(=O)Nc2[nH]ncc2C#N)cc1OC. The molecule has 0 atom stereocenters. The normalized spacial score (nSPS) is 9.65.